The molecule has 1 heterocycles. The first kappa shape index (κ1) is 14.7. The van der Waals surface area contributed by atoms with Crippen molar-refractivity contribution in [2.75, 3.05) is 6.54 Å². The number of carbonyl (C=O) groups excluding carboxylic acids is 1. The van der Waals surface area contributed by atoms with Crippen LogP contribution in [-0.2, 0) is 11.2 Å². The predicted octanol–water partition coefficient (Wildman–Crippen LogP) is 3.47. The van der Waals surface area contributed by atoms with Gasteiger partial charge in [0.05, 0.1) is 5.41 Å². The highest BCUT2D eigenvalue weighted by molar-refractivity contribution is 9.10. The zero-order valence-electron chi connectivity index (χ0n) is 12.9. The summed E-state index contributed by atoms with van der Waals surface area (Å²) < 4.78 is 0.245. The van der Waals surface area contributed by atoms with Crippen LogP contribution in [0.3, 0.4) is 0 Å². The van der Waals surface area contributed by atoms with Gasteiger partial charge in [0.1, 0.15) is 0 Å². The molecule has 1 N–H and O–H groups in total. The summed E-state index contributed by atoms with van der Waals surface area (Å²) in [4.78, 5) is 17.2. The largest absolute Gasteiger partial charge is 0.355 e. The van der Waals surface area contributed by atoms with Crippen molar-refractivity contribution in [3.8, 4) is 0 Å². The van der Waals surface area contributed by atoms with Gasteiger partial charge in [0.2, 0.25) is 5.91 Å². The van der Waals surface area contributed by atoms with E-state index < -0.39 is 0 Å². The first-order chi connectivity index (χ1) is 10.6. The molecule has 2 atom stereocenters. The maximum absolute atomic E-state index is 12.9. The highest BCUT2D eigenvalue weighted by Gasteiger charge is 2.59. The molecule has 4 heteroatoms. The van der Waals surface area contributed by atoms with E-state index in [1.165, 1.54) is 19.3 Å². The summed E-state index contributed by atoms with van der Waals surface area (Å²) in [5.41, 5.74) is 0.947. The molecule has 4 aliphatic rings. The Bertz CT molecular complexity index is 560. The molecule has 0 saturated heterocycles. The topological polar surface area (TPSA) is 42.0 Å². The van der Waals surface area contributed by atoms with E-state index in [1.54, 1.807) is 0 Å². The van der Waals surface area contributed by atoms with E-state index in [4.69, 9.17) is 0 Å². The van der Waals surface area contributed by atoms with E-state index in [0.717, 1.165) is 43.2 Å². The number of nitrogens with one attached hydrogen (secondary N) is 1. The summed E-state index contributed by atoms with van der Waals surface area (Å²) in [7, 11) is 0. The molecule has 118 valence electrons. The summed E-state index contributed by atoms with van der Waals surface area (Å²) in [6.45, 7) is 0.697. The van der Waals surface area contributed by atoms with Crippen molar-refractivity contribution < 1.29 is 4.79 Å². The Balaban J connectivity index is 1.40. The van der Waals surface area contributed by atoms with Crippen molar-refractivity contribution in [1.82, 2.24) is 10.3 Å². The number of rotatable bonds is 4. The Morgan fingerprint density at radius 2 is 2.05 bits per heavy atom. The SMILES string of the molecule is O=C(NCCc1ccccn1)C12CC3CC(CC(Br)(C3)C1)C2. The van der Waals surface area contributed by atoms with E-state index in [1.807, 2.05) is 24.4 Å². The van der Waals surface area contributed by atoms with Crippen LogP contribution < -0.4 is 5.32 Å². The summed E-state index contributed by atoms with van der Waals surface area (Å²) in [6.07, 6.45) is 9.75. The van der Waals surface area contributed by atoms with Gasteiger partial charge in [-0.2, -0.15) is 0 Å². The lowest BCUT2D eigenvalue weighted by molar-refractivity contribution is -0.144. The van der Waals surface area contributed by atoms with Crippen LogP contribution in [0.15, 0.2) is 24.4 Å². The Morgan fingerprint density at radius 1 is 1.27 bits per heavy atom. The Hall–Kier alpha value is -0.900. The Morgan fingerprint density at radius 3 is 2.68 bits per heavy atom. The van der Waals surface area contributed by atoms with Crippen LogP contribution in [0.1, 0.15) is 44.2 Å². The van der Waals surface area contributed by atoms with Crippen LogP contribution in [-0.4, -0.2) is 21.8 Å². The van der Waals surface area contributed by atoms with Gasteiger partial charge >= 0.3 is 0 Å². The van der Waals surface area contributed by atoms with Gasteiger partial charge in [-0.25, -0.2) is 0 Å². The minimum atomic E-state index is -0.0995. The van der Waals surface area contributed by atoms with Gasteiger partial charge in [-0.1, -0.05) is 22.0 Å². The van der Waals surface area contributed by atoms with Gasteiger partial charge in [-0.3, -0.25) is 9.78 Å². The third kappa shape index (κ3) is 2.60. The number of pyridine rings is 1. The molecule has 4 saturated carbocycles. The predicted molar refractivity (Wildman–Crippen MR) is 89.7 cm³/mol. The lowest BCUT2D eigenvalue weighted by atomic mass is 9.49. The molecular weight excluding hydrogens is 340 g/mol. The molecule has 1 amide bonds. The summed E-state index contributed by atoms with van der Waals surface area (Å²) >= 11 is 3.98. The highest BCUT2D eigenvalue weighted by atomic mass is 79.9. The average Bonchev–Trinajstić information content (AvgIpc) is 2.45. The number of aromatic nitrogens is 1. The maximum atomic E-state index is 12.9. The number of alkyl halides is 1. The highest BCUT2D eigenvalue weighted by Crippen LogP contribution is 2.64. The molecule has 3 nitrogen and oxygen atoms in total. The number of halogens is 1. The summed E-state index contributed by atoms with van der Waals surface area (Å²) in [5.74, 6) is 1.80. The maximum Gasteiger partial charge on any atom is 0.226 e. The van der Waals surface area contributed by atoms with E-state index >= 15 is 0 Å². The Labute approximate surface area is 140 Å². The molecule has 1 aromatic rings. The Kier molecular flexibility index (Phi) is 3.55. The monoisotopic (exact) mass is 362 g/mol. The third-order valence-electron chi connectivity index (χ3n) is 5.86. The van der Waals surface area contributed by atoms with Gasteiger partial charge in [0, 0.05) is 29.2 Å². The van der Waals surface area contributed by atoms with Crippen molar-refractivity contribution in [2.45, 2.75) is 49.3 Å². The van der Waals surface area contributed by atoms with Gasteiger partial charge in [-0.05, 0) is 62.5 Å². The van der Waals surface area contributed by atoms with Crippen molar-refractivity contribution in [1.29, 1.82) is 0 Å². The molecule has 0 aliphatic heterocycles. The standard InChI is InChI=1S/C18H23BrN2O/c19-18-10-13-7-14(11-18)9-17(8-13,12-18)16(22)21-6-4-15-3-1-2-5-20-15/h1-3,5,13-14H,4,6-12H2,(H,21,22). The molecular formula is C18H23BrN2O. The van der Waals surface area contributed by atoms with E-state index in [9.17, 15) is 4.79 Å². The number of nitrogens with zero attached hydrogens (tertiary/aromatic N) is 1. The quantitative estimate of drug-likeness (QED) is 0.833. The van der Waals surface area contributed by atoms with Crippen molar-refractivity contribution in [2.24, 2.45) is 17.3 Å². The van der Waals surface area contributed by atoms with E-state index in [2.05, 4.69) is 26.2 Å². The molecule has 22 heavy (non-hydrogen) atoms. The van der Waals surface area contributed by atoms with Crippen LogP contribution >= 0.6 is 15.9 Å². The second kappa shape index (κ2) is 5.33. The third-order valence-corrected chi connectivity index (χ3v) is 6.79. The minimum Gasteiger partial charge on any atom is -0.355 e. The van der Waals surface area contributed by atoms with Crippen LogP contribution in [0.2, 0.25) is 0 Å². The normalized spacial score (nSPS) is 39.0. The minimum absolute atomic E-state index is 0.0995. The fourth-order valence-electron chi connectivity index (χ4n) is 5.45. The van der Waals surface area contributed by atoms with Gasteiger partial charge in [0.15, 0.2) is 0 Å². The molecule has 4 bridgehead atoms. The van der Waals surface area contributed by atoms with Crippen molar-refractivity contribution in [3.05, 3.63) is 30.1 Å². The molecule has 5 rings (SSSR count). The van der Waals surface area contributed by atoms with E-state index in [-0.39, 0.29) is 9.74 Å². The lowest BCUT2D eigenvalue weighted by Crippen LogP contribution is -2.58. The summed E-state index contributed by atoms with van der Waals surface area (Å²) in [6, 6.07) is 5.94. The van der Waals surface area contributed by atoms with Gasteiger partial charge < -0.3 is 5.32 Å². The molecule has 4 aliphatic carbocycles. The lowest BCUT2D eigenvalue weighted by Gasteiger charge is -2.59. The second-order valence-electron chi connectivity index (χ2n) is 7.72. The first-order valence-corrected chi connectivity index (χ1v) is 9.23. The number of carbonyl (C=O) groups is 1. The number of amides is 1. The fraction of sp³-hybridized carbons (Fsp3) is 0.667. The van der Waals surface area contributed by atoms with Crippen molar-refractivity contribution in [3.63, 3.8) is 0 Å². The van der Waals surface area contributed by atoms with Crippen LogP contribution in [0.5, 0.6) is 0 Å². The number of hydrogen-bond acceptors (Lipinski definition) is 2. The fourth-order valence-corrected chi connectivity index (χ4v) is 6.91. The zero-order chi connectivity index (χ0) is 15.2. The average molecular weight is 363 g/mol. The molecule has 2 unspecified atom stereocenters. The van der Waals surface area contributed by atoms with Gasteiger partial charge in [0.25, 0.3) is 0 Å². The smallest absolute Gasteiger partial charge is 0.226 e. The van der Waals surface area contributed by atoms with E-state index in [0.29, 0.717) is 12.5 Å². The van der Waals surface area contributed by atoms with Crippen LogP contribution in [0, 0.1) is 17.3 Å². The zero-order valence-corrected chi connectivity index (χ0v) is 14.4. The molecule has 0 spiro atoms. The summed E-state index contributed by atoms with van der Waals surface area (Å²) in [5, 5.41) is 3.21. The second-order valence-corrected chi connectivity index (χ2v) is 9.40. The number of hydrogen-bond donors (Lipinski definition) is 1. The molecule has 1 aromatic heterocycles. The first-order valence-electron chi connectivity index (χ1n) is 8.44. The van der Waals surface area contributed by atoms with Gasteiger partial charge in [-0.15, -0.1) is 0 Å². The molecule has 0 radical (unpaired) electrons. The van der Waals surface area contributed by atoms with Crippen LogP contribution in [0.4, 0.5) is 0 Å². The molecule has 4 fully saturated rings. The molecule has 0 aromatic carbocycles. The van der Waals surface area contributed by atoms with Crippen molar-refractivity contribution >= 4 is 21.8 Å². The van der Waals surface area contributed by atoms with Crippen LogP contribution in [0.25, 0.3) is 0 Å².